The van der Waals surface area contributed by atoms with E-state index in [-0.39, 0.29) is 6.04 Å². The van der Waals surface area contributed by atoms with Crippen molar-refractivity contribution in [3.8, 4) is 11.6 Å². The second-order valence-corrected chi connectivity index (χ2v) is 3.55. The van der Waals surface area contributed by atoms with Crippen molar-refractivity contribution in [1.29, 1.82) is 0 Å². The first-order valence-electron chi connectivity index (χ1n) is 4.28. The Bertz CT molecular complexity index is 397. The number of rotatable bonds is 3. The maximum atomic E-state index is 5.75. The molecule has 0 aliphatic carbocycles. The fourth-order valence-corrected chi connectivity index (χ4v) is 1.51. The molecule has 1 unspecified atom stereocenters. The van der Waals surface area contributed by atoms with Crippen LogP contribution in [0.25, 0.3) is 11.6 Å². The van der Waals surface area contributed by atoms with E-state index in [4.69, 9.17) is 10.2 Å². The highest BCUT2D eigenvalue weighted by molar-refractivity contribution is 7.07. The van der Waals surface area contributed by atoms with E-state index in [1.807, 2.05) is 12.3 Å². The van der Waals surface area contributed by atoms with Crippen molar-refractivity contribution in [3.63, 3.8) is 0 Å². The largest absolute Gasteiger partial charge is 0.418 e. The van der Waals surface area contributed by atoms with Gasteiger partial charge in [-0.15, -0.1) is 21.5 Å². The summed E-state index contributed by atoms with van der Waals surface area (Å²) in [5.41, 5.74) is 8.17. The third-order valence-corrected chi connectivity index (χ3v) is 2.44. The summed E-state index contributed by atoms with van der Waals surface area (Å²) in [5, 5.41) is 9.60. The first-order valence-corrected chi connectivity index (χ1v) is 5.23. The Morgan fingerprint density at radius 3 is 3.07 bits per heavy atom. The summed E-state index contributed by atoms with van der Waals surface area (Å²) >= 11 is 1.49. The van der Waals surface area contributed by atoms with E-state index in [1.165, 1.54) is 11.3 Å². The van der Waals surface area contributed by atoms with Crippen molar-refractivity contribution < 1.29 is 4.42 Å². The van der Waals surface area contributed by atoms with Gasteiger partial charge in [0.05, 0.1) is 11.6 Å². The minimum atomic E-state index is -0.185. The lowest BCUT2D eigenvalue weighted by atomic mass is 10.2. The molecule has 0 saturated carbocycles. The van der Waals surface area contributed by atoms with Gasteiger partial charge in [-0.05, 0) is 6.42 Å². The van der Waals surface area contributed by atoms with Crippen LogP contribution in [0.3, 0.4) is 0 Å². The molecule has 0 radical (unpaired) electrons. The Balaban J connectivity index is 2.26. The van der Waals surface area contributed by atoms with Crippen molar-refractivity contribution >= 4 is 11.3 Å². The van der Waals surface area contributed by atoms with Crippen LogP contribution in [0.1, 0.15) is 25.3 Å². The summed E-state index contributed by atoms with van der Waals surface area (Å²) in [6.07, 6.45) is 0.776. The average Bonchev–Trinajstić information content (AvgIpc) is 2.86. The predicted molar refractivity (Wildman–Crippen MR) is 52.6 cm³/mol. The summed E-state index contributed by atoms with van der Waals surface area (Å²) in [4.78, 5) is 4.07. The van der Waals surface area contributed by atoms with Gasteiger partial charge in [-0.25, -0.2) is 4.98 Å². The van der Waals surface area contributed by atoms with Crippen molar-refractivity contribution in [3.05, 3.63) is 16.8 Å². The Morgan fingerprint density at radius 1 is 1.57 bits per heavy atom. The SMILES string of the molecule is CCC(N)c1nnc(-c2cscn2)o1. The van der Waals surface area contributed by atoms with E-state index >= 15 is 0 Å². The summed E-state index contributed by atoms with van der Waals surface area (Å²) in [6.45, 7) is 1.97. The molecule has 0 fully saturated rings. The molecule has 2 rings (SSSR count). The Kier molecular flexibility index (Phi) is 2.55. The number of thiazole rings is 1. The molecule has 2 N–H and O–H groups in total. The average molecular weight is 210 g/mol. The summed E-state index contributed by atoms with van der Waals surface area (Å²) < 4.78 is 5.38. The van der Waals surface area contributed by atoms with Crippen LogP contribution in [0.4, 0.5) is 0 Å². The smallest absolute Gasteiger partial charge is 0.267 e. The molecule has 0 amide bonds. The molecular weight excluding hydrogens is 200 g/mol. The van der Waals surface area contributed by atoms with E-state index in [0.29, 0.717) is 17.5 Å². The minimum absolute atomic E-state index is 0.185. The van der Waals surface area contributed by atoms with Crippen LogP contribution in [0.2, 0.25) is 0 Å². The first-order chi connectivity index (χ1) is 6.81. The van der Waals surface area contributed by atoms with Crippen LogP contribution in [-0.4, -0.2) is 15.2 Å². The molecule has 6 heteroatoms. The third kappa shape index (κ3) is 1.66. The maximum absolute atomic E-state index is 5.75. The van der Waals surface area contributed by atoms with Crippen LogP contribution in [0.5, 0.6) is 0 Å². The molecule has 0 spiro atoms. The number of nitrogens with zero attached hydrogens (tertiary/aromatic N) is 3. The lowest BCUT2D eigenvalue weighted by molar-refractivity contribution is 0.452. The fraction of sp³-hybridized carbons (Fsp3) is 0.375. The van der Waals surface area contributed by atoms with Gasteiger partial charge in [0.1, 0.15) is 5.69 Å². The molecule has 74 valence electrons. The predicted octanol–water partition coefficient (Wildman–Crippen LogP) is 1.60. The zero-order valence-corrected chi connectivity index (χ0v) is 8.49. The van der Waals surface area contributed by atoms with Gasteiger partial charge in [0.15, 0.2) is 0 Å². The van der Waals surface area contributed by atoms with E-state index in [9.17, 15) is 0 Å². The summed E-state index contributed by atoms with van der Waals surface area (Å²) in [6, 6.07) is -0.185. The third-order valence-electron chi connectivity index (χ3n) is 1.85. The Labute approximate surface area is 85.0 Å². The Hall–Kier alpha value is -1.27. The van der Waals surface area contributed by atoms with Gasteiger partial charge in [-0.1, -0.05) is 6.92 Å². The van der Waals surface area contributed by atoms with Crippen LogP contribution in [0, 0.1) is 0 Å². The molecule has 5 nitrogen and oxygen atoms in total. The fourth-order valence-electron chi connectivity index (χ4n) is 0.981. The highest BCUT2D eigenvalue weighted by atomic mass is 32.1. The summed E-state index contributed by atoms with van der Waals surface area (Å²) in [7, 11) is 0. The van der Waals surface area contributed by atoms with Gasteiger partial charge in [0.2, 0.25) is 5.89 Å². The van der Waals surface area contributed by atoms with Gasteiger partial charge in [0, 0.05) is 5.38 Å². The van der Waals surface area contributed by atoms with Crippen LogP contribution < -0.4 is 5.73 Å². The second kappa shape index (κ2) is 3.85. The van der Waals surface area contributed by atoms with Crippen LogP contribution >= 0.6 is 11.3 Å². The Morgan fingerprint density at radius 2 is 2.43 bits per heavy atom. The van der Waals surface area contributed by atoms with Crippen molar-refractivity contribution in [2.45, 2.75) is 19.4 Å². The van der Waals surface area contributed by atoms with Gasteiger partial charge in [-0.2, -0.15) is 0 Å². The van der Waals surface area contributed by atoms with E-state index < -0.39 is 0 Å². The highest BCUT2D eigenvalue weighted by Crippen LogP contribution is 2.20. The molecule has 0 aliphatic heterocycles. The molecule has 0 bridgehead atoms. The van der Waals surface area contributed by atoms with E-state index in [1.54, 1.807) is 5.51 Å². The lowest BCUT2D eigenvalue weighted by Crippen LogP contribution is -2.08. The zero-order chi connectivity index (χ0) is 9.97. The highest BCUT2D eigenvalue weighted by Gasteiger charge is 2.14. The van der Waals surface area contributed by atoms with Gasteiger partial charge in [-0.3, -0.25) is 0 Å². The molecule has 0 aromatic carbocycles. The van der Waals surface area contributed by atoms with E-state index in [2.05, 4.69) is 15.2 Å². The number of aromatic nitrogens is 3. The number of nitrogens with two attached hydrogens (primary N) is 1. The van der Waals surface area contributed by atoms with Crippen molar-refractivity contribution in [2.24, 2.45) is 5.73 Å². The minimum Gasteiger partial charge on any atom is -0.418 e. The summed E-state index contributed by atoms with van der Waals surface area (Å²) in [5.74, 6) is 0.903. The van der Waals surface area contributed by atoms with E-state index in [0.717, 1.165) is 6.42 Å². The molecule has 0 saturated heterocycles. The molecule has 2 aromatic heterocycles. The standard InChI is InChI=1S/C8H10N4OS/c1-2-5(9)7-11-12-8(13-7)6-3-14-4-10-6/h3-5H,2,9H2,1H3. The normalized spacial score (nSPS) is 13.0. The number of hydrogen-bond acceptors (Lipinski definition) is 6. The van der Waals surface area contributed by atoms with Crippen molar-refractivity contribution in [2.75, 3.05) is 0 Å². The van der Waals surface area contributed by atoms with Gasteiger partial charge >= 0.3 is 0 Å². The second-order valence-electron chi connectivity index (χ2n) is 2.83. The molecule has 1 atom stereocenters. The molecular formula is C8H10N4OS. The van der Waals surface area contributed by atoms with Gasteiger partial charge < -0.3 is 10.2 Å². The molecule has 2 aromatic rings. The van der Waals surface area contributed by atoms with Gasteiger partial charge in [0.25, 0.3) is 5.89 Å². The molecule has 0 aliphatic rings. The number of hydrogen-bond donors (Lipinski definition) is 1. The topological polar surface area (TPSA) is 77.8 Å². The lowest BCUT2D eigenvalue weighted by Gasteiger charge is -1.99. The zero-order valence-electron chi connectivity index (χ0n) is 7.67. The van der Waals surface area contributed by atoms with Crippen LogP contribution in [-0.2, 0) is 0 Å². The quantitative estimate of drug-likeness (QED) is 0.832. The van der Waals surface area contributed by atoms with Crippen LogP contribution in [0.15, 0.2) is 15.3 Å². The maximum Gasteiger partial charge on any atom is 0.267 e. The van der Waals surface area contributed by atoms with Crippen molar-refractivity contribution in [1.82, 2.24) is 15.2 Å². The molecule has 14 heavy (non-hydrogen) atoms. The monoisotopic (exact) mass is 210 g/mol. The first kappa shape index (κ1) is 9.29. The molecule has 2 heterocycles.